The average Bonchev–Trinajstić information content (AvgIpc) is 3.12. The van der Waals surface area contributed by atoms with Crippen molar-refractivity contribution in [3.8, 4) is 16.3 Å². The van der Waals surface area contributed by atoms with Crippen molar-refractivity contribution < 1.29 is 9.53 Å². The van der Waals surface area contributed by atoms with E-state index in [0.29, 0.717) is 12.3 Å². The number of nitrogens with zero attached hydrogens (tertiary/aromatic N) is 1. The Morgan fingerprint density at radius 1 is 1.19 bits per heavy atom. The predicted octanol–water partition coefficient (Wildman–Crippen LogP) is 4.78. The van der Waals surface area contributed by atoms with Crippen LogP contribution in [0.2, 0.25) is 5.02 Å². The van der Waals surface area contributed by atoms with Crippen LogP contribution in [0.5, 0.6) is 5.75 Å². The molecule has 3 rings (SSSR count). The van der Waals surface area contributed by atoms with Gasteiger partial charge in [-0.3, -0.25) is 4.79 Å². The quantitative estimate of drug-likeness (QED) is 0.663. The topological polar surface area (TPSA) is 51.2 Å². The summed E-state index contributed by atoms with van der Waals surface area (Å²) >= 11 is 7.70. The van der Waals surface area contributed by atoms with Gasteiger partial charge >= 0.3 is 0 Å². The first-order chi connectivity index (χ1) is 12.5. The zero-order chi connectivity index (χ0) is 18.5. The molecule has 1 aromatic heterocycles. The summed E-state index contributed by atoms with van der Waals surface area (Å²) in [6, 6.07) is 13.6. The summed E-state index contributed by atoms with van der Waals surface area (Å²) < 4.78 is 5.56. The lowest BCUT2D eigenvalue weighted by Gasteiger charge is -2.10. The van der Waals surface area contributed by atoms with Gasteiger partial charge in [0.2, 0.25) is 0 Å². The van der Waals surface area contributed by atoms with E-state index in [-0.39, 0.29) is 12.5 Å². The van der Waals surface area contributed by atoms with Crippen LogP contribution < -0.4 is 10.1 Å². The maximum Gasteiger partial charge on any atom is 0.258 e. The summed E-state index contributed by atoms with van der Waals surface area (Å²) in [7, 11) is 0. The van der Waals surface area contributed by atoms with Gasteiger partial charge in [0, 0.05) is 16.0 Å². The summed E-state index contributed by atoms with van der Waals surface area (Å²) in [6.45, 7) is 4.16. The maximum absolute atomic E-state index is 12.0. The summed E-state index contributed by atoms with van der Waals surface area (Å²) in [5, 5.41) is 6.45. The van der Waals surface area contributed by atoms with E-state index in [4.69, 9.17) is 16.3 Å². The minimum Gasteiger partial charge on any atom is -0.484 e. The van der Waals surface area contributed by atoms with E-state index in [2.05, 4.69) is 10.3 Å². The van der Waals surface area contributed by atoms with Gasteiger partial charge in [0.15, 0.2) is 6.61 Å². The molecule has 1 heterocycles. The number of aromatic nitrogens is 1. The molecule has 0 fully saturated rings. The molecular formula is C20H19ClN2O2S. The van der Waals surface area contributed by atoms with Crippen LogP contribution in [0.25, 0.3) is 10.6 Å². The van der Waals surface area contributed by atoms with Crippen molar-refractivity contribution >= 4 is 28.8 Å². The van der Waals surface area contributed by atoms with E-state index in [9.17, 15) is 4.79 Å². The van der Waals surface area contributed by atoms with Crippen molar-refractivity contribution in [2.24, 2.45) is 0 Å². The van der Waals surface area contributed by atoms with Gasteiger partial charge in [-0.25, -0.2) is 4.98 Å². The number of nitrogens with one attached hydrogen (secondary N) is 1. The monoisotopic (exact) mass is 386 g/mol. The molecule has 3 aromatic rings. The Morgan fingerprint density at radius 2 is 1.88 bits per heavy atom. The van der Waals surface area contributed by atoms with Crippen LogP contribution in [0.4, 0.5) is 0 Å². The molecule has 1 N–H and O–H groups in total. The number of amides is 1. The first-order valence-electron chi connectivity index (χ1n) is 8.19. The SMILES string of the molecule is Cc1cc(OCC(=O)NCc2csc(-c3ccccc3)n2)cc(C)c1Cl. The Bertz CT molecular complexity index is 886. The highest BCUT2D eigenvalue weighted by Crippen LogP contribution is 2.26. The third-order valence-corrected chi connectivity index (χ3v) is 5.36. The Kier molecular flexibility index (Phi) is 5.91. The molecule has 0 aliphatic rings. The number of hydrogen-bond donors (Lipinski definition) is 1. The largest absolute Gasteiger partial charge is 0.484 e. The smallest absolute Gasteiger partial charge is 0.258 e. The summed E-state index contributed by atoms with van der Waals surface area (Å²) in [4.78, 5) is 16.6. The summed E-state index contributed by atoms with van der Waals surface area (Å²) in [6.07, 6.45) is 0. The molecular weight excluding hydrogens is 368 g/mol. The van der Waals surface area contributed by atoms with Crippen molar-refractivity contribution in [1.82, 2.24) is 10.3 Å². The van der Waals surface area contributed by atoms with Gasteiger partial charge in [0.05, 0.1) is 12.2 Å². The van der Waals surface area contributed by atoms with E-state index in [1.165, 1.54) is 0 Å². The number of rotatable bonds is 6. The number of benzene rings is 2. The lowest BCUT2D eigenvalue weighted by atomic mass is 10.1. The first kappa shape index (κ1) is 18.4. The number of carbonyl (C=O) groups excluding carboxylic acids is 1. The highest BCUT2D eigenvalue weighted by Gasteiger charge is 2.08. The second-order valence-corrected chi connectivity index (χ2v) is 7.18. The minimum atomic E-state index is -0.190. The van der Waals surface area contributed by atoms with E-state index >= 15 is 0 Å². The number of hydrogen-bond acceptors (Lipinski definition) is 4. The molecule has 0 atom stereocenters. The predicted molar refractivity (Wildman–Crippen MR) is 106 cm³/mol. The van der Waals surface area contributed by atoms with Gasteiger partial charge in [0.25, 0.3) is 5.91 Å². The number of aryl methyl sites for hydroxylation is 2. The van der Waals surface area contributed by atoms with Crippen LogP contribution in [-0.2, 0) is 11.3 Å². The molecule has 0 spiro atoms. The molecule has 0 unspecified atom stereocenters. The first-order valence-corrected chi connectivity index (χ1v) is 9.45. The van der Waals surface area contributed by atoms with Gasteiger partial charge in [-0.2, -0.15) is 0 Å². The van der Waals surface area contributed by atoms with E-state index in [1.54, 1.807) is 11.3 Å². The van der Waals surface area contributed by atoms with Crippen LogP contribution in [0.1, 0.15) is 16.8 Å². The van der Waals surface area contributed by atoms with E-state index in [1.807, 2.05) is 61.7 Å². The zero-order valence-electron chi connectivity index (χ0n) is 14.6. The zero-order valence-corrected chi connectivity index (χ0v) is 16.2. The molecule has 4 nitrogen and oxygen atoms in total. The highest BCUT2D eigenvalue weighted by atomic mass is 35.5. The van der Waals surface area contributed by atoms with Crippen molar-refractivity contribution in [2.75, 3.05) is 6.61 Å². The molecule has 0 bridgehead atoms. The molecule has 6 heteroatoms. The van der Waals surface area contributed by atoms with Crippen LogP contribution in [0.15, 0.2) is 47.8 Å². The fourth-order valence-corrected chi connectivity index (χ4v) is 3.41. The fourth-order valence-electron chi connectivity index (χ4n) is 2.48. The Hall–Kier alpha value is -2.37. The molecule has 0 radical (unpaired) electrons. The average molecular weight is 387 g/mol. The van der Waals surface area contributed by atoms with Crippen molar-refractivity contribution in [1.29, 1.82) is 0 Å². The number of ether oxygens (including phenoxy) is 1. The fraction of sp³-hybridized carbons (Fsp3) is 0.200. The van der Waals surface area contributed by atoms with Crippen molar-refractivity contribution in [2.45, 2.75) is 20.4 Å². The van der Waals surface area contributed by atoms with Crippen LogP contribution in [-0.4, -0.2) is 17.5 Å². The maximum atomic E-state index is 12.0. The second-order valence-electron chi connectivity index (χ2n) is 5.95. The van der Waals surface area contributed by atoms with Gasteiger partial charge in [-0.15, -0.1) is 11.3 Å². The highest BCUT2D eigenvalue weighted by molar-refractivity contribution is 7.13. The molecule has 134 valence electrons. The van der Waals surface area contributed by atoms with Gasteiger partial charge in [-0.1, -0.05) is 41.9 Å². The molecule has 1 amide bonds. The van der Waals surface area contributed by atoms with Gasteiger partial charge < -0.3 is 10.1 Å². The normalized spacial score (nSPS) is 10.6. The minimum absolute atomic E-state index is 0.0454. The van der Waals surface area contributed by atoms with Crippen LogP contribution >= 0.6 is 22.9 Å². The third-order valence-electron chi connectivity index (χ3n) is 3.82. The number of carbonyl (C=O) groups is 1. The molecule has 0 aliphatic carbocycles. The van der Waals surface area contributed by atoms with Gasteiger partial charge in [-0.05, 0) is 37.1 Å². The van der Waals surface area contributed by atoms with Crippen molar-refractivity contribution in [3.63, 3.8) is 0 Å². The van der Waals surface area contributed by atoms with Crippen LogP contribution in [0.3, 0.4) is 0 Å². The standard InChI is InChI=1S/C20H19ClN2O2S/c1-13-8-17(9-14(2)19(13)21)25-11-18(24)22-10-16-12-26-20(23-16)15-6-4-3-5-7-15/h3-9,12H,10-11H2,1-2H3,(H,22,24). The lowest BCUT2D eigenvalue weighted by Crippen LogP contribution is -2.28. The molecule has 0 aliphatic heterocycles. The number of halogens is 1. The Morgan fingerprint density at radius 3 is 2.58 bits per heavy atom. The molecule has 0 saturated heterocycles. The Labute approximate surface area is 161 Å². The van der Waals surface area contributed by atoms with E-state index in [0.717, 1.165) is 32.4 Å². The molecule has 2 aromatic carbocycles. The molecule has 0 saturated carbocycles. The van der Waals surface area contributed by atoms with Gasteiger partial charge in [0.1, 0.15) is 10.8 Å². The Balaban J connectivity index is 1.51. The summed E-state index contributed by atoms with van der Waals surface area (Å²) in [5.41, 5.74) is 3.77. The second kappa shape index (κ2) is 8.34. The van der Waals surface area contributed by atoms with E-state index < -0.39 is 0 Å². The summed E-state index contributed by atoms with van der Waals surface area (Å²) in [5.74, 6) is 0.448. The number of thiazole rings is 1. The molecule has 26 heavy (non-hydrogen) atoms. The third kappa shape index (κ3) is 4.62. The van der Waals surface area contributed by atoms with Crippen LogP contribution in [0, 0.1) is 13.8 Å². The lowest BCUT2D eigenvalue weighted by molar-refractivity contribution is -0.123. The van der Waals surface area contributed by atoms with Crippen molar-refractivity contribution in [3.05, 3.63) is 69.7 Å².